The molecule has 0 aromatic carbocycles. The summed E-state index contributed by atoms with van der Waals surface area (Å²) in [6, 6.07) is 0. The molecule has 1 heterocycles. The summed E-state index contributed by atoms with van der Waals surface area (Å²) in [5.74, 6) is 0.136. The Morgan fingerprint density at radius 1 is 1.40 bits per heavy atom. The fraction of sp³-hybridized carbons (Fsp3) is 1.00. The van der Waals surface area contributed by atoms with Gasteiger partial charge in [-0.25, -0.2) is 0 Å². The molecule has 1 rings (SSSR count). The Morgan fingerprint density at radius 2 is 1.93 bits per heavy atom. The summed E-state index contributed by atoms with van der Waals surface area (Å²) in [6.45, 7) is 11.2. The third kappa shape index (κ3) is 4.96. The van der Waals surface area contributed by atoms with Gasteiger partial charge in [0.25, 0.3) is 0 Å². The maximum atomic E-state index is 9.77. The Kier molecular flexibility index (Phi) is 3.80. The van der Waals surface area contributed by atoms with Crippen LogP contribution in [0.15, 0.2) is 0 Å². The van der Waals surface area contributed by atoms with Gasteiger partial charge in [0.2, 0.25) is 0 Å². The van der Waals surface area contributed by atoms with Crippen LogP contribution in [0.4, 0.5) is 0 Å². The van der Waals surface area contributed by atoms with E-state index in [0.29, 0.717) is 12.7 Å². The fourth-order valence-electron chi connectivity index (χ4n) is 1.35. The molecular weight excluding hydrogens is 192 g/mol. The molecule has 0 aromatic rings. The van der Waals surface area contributed by atoms with Crippen molar-refractivity contribution < 1.29 is 14.6 Å². The Bertz CT molecular complexity index is 201. The number of rotatable bonds is 6. The third-order valence-electron chi connectivity index (χ3n) is 3.05. The zero-order valence-corrected chi connectivity index (χ0v) is 10.5. The van der Waals surface area contributed by atoms with Gasteiger partial charge >= 0.3 is 0 Å². The van der Waals surface area contributed by atoms with E-state index >= 15 is 0 Å². The van der Waals surface area contributed by atoms with Gasteiger partial charge in [0.05, 0.1) is 30.5 Å². The molecule has 3 nitrogen and oxygen atoms in total. The van der Waals surface area contributed by atoms with E-state index in [9.17, 15) is 5.11 Å². The minimum absolute atomic E-state index is 0.136. The van der Waals surface area contributed by atoms with Gasteiger partial charge in [-0.15, -0.1) is 0 Å². The molecule has 0 bridgehead atoms. The molecule has 1 aliphatic heterocycles. The number of hydrogen-bond donors (Lipinski definition) is 1. The van der Waals surface area contributed by atoms with Crippen LogP contribution < -0.4 is 0 Å². The van der Waals surface area contributed by atoms with Crippen molar-refractivity contribution in [1.29, 1.82) is 0 Å². The molecule has 3 heteroatoms. The second kappa shape index (κ2) is 4.40. The number of epoxide rings is 1. The molecule has 1 N–H and O–H groups in total. The summed E-state index contributed by atoms with van der Waals surface area (Å²) in [5.41, 5.74) is -0.827. The molecule has 0 saturated carbocycles. The van der Waals surface area contributed by atoms with Crippen LogP contribution in [0, 0.1) is 5.92 Å². The fourth-order valence-corrected chi connectivity index (χ4v) is 1.35. The summed E-state index contributed by atoms with van der Waals surface area (Å²) in [7, 11) is 0. The second-order valence-electron chi connectivity index (χ2n) is 5.78. The Hall–Kier alpha value is -0.120. The standard InChI is InChI=1S/C12H24O3/c1-9(12(4,5)13)7-15-11(2,3)6-10-8-14-10/h9-10,13H,6-8H2,1-5H3. The third-order valence-corrected chi connectivity index (χ3v) is 3.05. The molecule has 0 spiro atoms. The van der Waals surface area contributed by atoms with Gasteiger partial charge in [-0.1, -0.05) is 6.92 Å². The van der Waals surface area contributed by atoms with E-state index in [0.717, 1.165) is 13.0 Å². The first-order valence-electron chi connectivity index (χ1n) is 5.69. The highest BCUT2D eigenvalue weighted by Crippen LogP contribution is 2.27. The van der Waals surface area contributed by atoms with Gasteiger partial charge in [-0.3, -0.25) is 0 Å². The van der Waals surface area contributed by atoms with Crippen LogP contribution >= 0.6 is 0 Å². The highest BCUT2D eigenvalue weighted by Gasteiger charge is 2.33. The van der Waals surface area contributed by atoms with Crippen molar-refractivity contribution in [2.75, 3.05) is 13.2 Å². The van der Waals surface area contributed by atoms with E-state index in [-0.39, 0.29) is 11.5 Å². The average molecular weight is 216 g/mol. The van der Waals surface area contributed by atoms with Crippen molar-refractivity contribution >= 4 is 0 Å². The van der Waals surface area contributed by atoms with E-state index in [1.54, 1.807) is 0 Å². The smallest absolute Gasteiger partial charge is 0.0837 e. The highest BCUT2D eigenvalue weighted by atomic mass is 16.6. The van der Waals surface area contributed by atoms with Crippen molar-refractivity contribution in [2.24, 2.45) is 5.92 Å². The van der Waals surface area contributed by atoms with Gasteiger partial charge in [0, 0.05) is 12.3 Å². The topological polar surface area (TPSA) is 42.0 Å². The lowest BCUT2D eigenvalue weighted by molar-refractivity contribution is -0.0819. The molecule has 0 radical (unpaired) electrons. The molecule has 15 heavy (non-hydrogen) atoms. The molecule has 0 aromatic heterocycles. The molecule has 1 saturated heterocycles. The molecule has 1 fully saturated rings. The lowest BCUT2D eigenvalue weighted by atomic mass is 9.93. The highest BCUT2D eigenvalue weighted by molar-refractivity contribution is 4.82. The maximum absolute atomic E-state index is 9.77. The van der Waals surface area contributed by atoms with Crippen LogP contribution in [0.5, 0.6) is 0 Å². The van der Waals surface area contributed by atoms with Gasteiger partial charge in [-0.05, 0) is 27.7 Å². The lowest BCUT2D eigenvalue weighted by Gasteiger charge is -2.31. The zero-order valence-electron chi connectivity index (χ0n) is 10.5. The van der Waals surface area contributed by atoms with Crippen LogP contribution in [-0.4, -0.2) is 35.6 Å². The molecule has 2 atom stereocenters. The number of aliphatic hydroxyl groups is 1. The van der Waals surface area contributed by atoms with Crippen molar-refractivity contribution in [1.82, 2.24) is 0 Å². The summed E-state index contributed by atoms with van der Waals surface area (Å²) in [6.07, 6.45) is 1.32. The zero-order chi connectivity index (χ0) is 11.7. The quantitative estimate of drug-likeness (QED) is 0.690. The predicted octanol–water partition coefficient (Wildman–Crippen LogP) is 1.98. The molecule has 0 amide bonds. The monoisotopic (exact) mass is 216 g/mol. The van der Waals surface area contributed by atoms with Crippen molar-refractivity contribution in [3.8, 4) is 0 Å². The summed E-state index contributed by atoms with van der Waals surface area (Å²) < 4.78 is 11.0. The number of ether oxygens (including phenoxy) is 2. The Labute approximate surface area is 92.8 Å². The van der Waals surface area contributed by atoms with E-state index in [1.165, 1.54) is 0 Å². The first kappa shape index (κ1) is 12.9. The summed E-state index contributed by atoms with van der Waals surface area (Å²) in [4.78, 5) is 0. The van der Waals surface area contributed by atoms with Gasteiger partial charge < -0.3 is 14.6 Å². The molecule has 90 valence electrons. The van der Waals surface area contributed by atoms with Crippen LogP contribution in [0.3, 0.4) is 0 Å². The van der Waals surface area contributed by atoms with E-state index < -0.39 is 5.60 Å². The largest absolute Gasteiger partial charge is 0.390 e. The van der Waals surface area contributed by atoms with E-state index in [1.807, 2.05) is 20.8 Å². The molecule has 2 unspecified atom stereocenters. The van der Waals surface area contributed by atoms with Gasteiger partial charge in [0.15, 0.2) is 0 Å². The normalized spacial score (nSPS) is 24.0. The minimum Gasteiger partial charge on any atom is -0.390 e. The minimum atomic E-state index is -0.674. The summed E-state index contributed by atoms with van der Waals surface area (Å²) >= 11 is 0. The SMILES string of the molecule is CC(COC(C)(C)CC1CO1)C(C)(C)O. The maximum Gasteiger partial charge on any atom is 0.0837 e. The molecular formula is C12H24O3. The first-order chi connectivity index (χ1) is 6.71. The molecule has 1 aliphatic rings. The van der Waals surface area contributed by atoms with Crippen LogP contribution in [0.1, 0.15) is 41.0 Å². The molecule has 0 aliphatic carbocycles. The first-order valence-corrected chi connectivity index (χ1v) is 5.69. The predicted molar refractivity (Wildman–Crippen MR) is 59.8 cm³/mol. The van der Waals surface area contributed by atoms with Crippen molar-refractivity contribution in [3.63, 3.8) is 0 Å². The van der Waals surface area contributed by atoms with E-state index in [4.69, 9.17) is 9.47 Å². The lowest BCUT2D eigenvalue weighted by Crippen LogP contribution is -2.36. The Morgan fingerprint density at radius 3 is 2.33 bits per heavy atom. The van der Waals surface area contributed by atoms with Crippen LogP contribution in [-0.2, 0) is 9.47 Å². The van der Waals surface area contributed by atoms with Crippen molar-refractivity contribution in [3.05, 3.63) is 0 Å². The van der Waals surface area contributed by atoms with E-state index in [2.05, 4.69) is 13.8 Å². The van der Waals surface area contributed by atoms with Crippen molar-refractivity contribution in [2.45, 2.75) is 58.3 Å². The van der Waals surface area contributed by atoms with Gasteiger partial charge in [-0.2, -0.15) is 0 Å². The second-order valence-corrected chi connectivity index (χ2v) is 5.78. The Balaban J connectivity index is 2.27. The van der Waals surface area contributed by atoms with Gasteiger partial charge in [0.1, 0.15) is 0 Å². The summed E-state index contributed by atoms with van der Waals surface area (Å²) in [5, 5.41) is 9.77. The average Bonchev–Trinajstić information content (AvgIpc) is 2.81. The number of hydrogen-bond acceptors (Lipinski definition) is 3. The van der Waals surface area contributed by atoms with Crippen LogP contribution in [0.25, 0.3) is 0 Å². The van der Waals surface area contributed by atoms with Crippen LogP contribution in [0.2, 0.25) is 0 Å².